The lowest BCUT2D eigenvalue weighted by atomic mass is 10.2. The number of hydrogen-bond donors (Lipinski definition) is 1. The zero-order chi connectivity index (χ0) is 15.2. The van der Waals surface area contributed by atoms with Gasteiger partial charge in [-0.1, -0.05) is 11.6 Å². The fourth-order valence-electron chi connectivity index (χ4n) is 1.60. The normalized spacial score (nSPS) is 11.7. The van der Waals surface area contributed by atoms with Gasteiger partial charge in [0, 0.05) is 5.02 Å². The summed E-state index contributed by atoms with van der Waals surface area (Å²) in [5.74, 6) is -0.347. The first-order valence-electron chi connectivity index (χ1n) is 6.33. The number of carbonyl (C=O) groups is 2. The molecule has 2 aromatic rings. The molecule has 1 aromatic heterocycles. The average molecular weight is 308 g/mol. The topological polar surface area (TPSA) is 68.5 Å². The largest absolute Gasteiger partial charge is 0.467 e. The van der Waals surface area contributed by atoms with E-state index in [9.17, 15) is 9.59 Å². The Kier molecular flexibility index (Phi) is 5.00. The predicted octanol–water partition coefficient (Wildman–Crippen LogP) is 2.79. The van der Waals surface area contributed by atoms with Gasteiger partial charge >= 0.3 is 5.97 Å². The number of halogens is 1. The molecular weight excluding hydrogens is 294 g/mol. The first-order chi connectivity index (χ1) is 10.1. The molecule has 2 rings (SSSR count). The molecule has 0 saturated carbocycles. The van der Waals surface area contributed by atoms with Crippen molar-refractivity contribution < 1.29 is 18.7 Å². The first-order valence-corrected chi connectivity index (χ1v) is 6.70. The van der Waals surface area contributed by atoms with E-state index in [1.54, 1.807) is 24.3 Å². The van der Waals surface area contributed by atoms with E-state index in [1.165, 1.54) is 25.3 Å². The number of hydrogen-bond acceptors (Lipinski definition) is 4. The number of nitrogens with one attached hydrogen (secondary N) is 1. The Bertz CT molecular complexity index is 607. The van der Waals surface area contributed by atoms with Gasteiger partial charge in [0.1, 0.15) is 5.76 Å². The van der Waals surface area contributed by atoms with E-state index in [0.717, 1.165) is 0 Å². The van der Waals surface area contributed by atoms with Crippen LogP contribution < -0.4 is 5.32 Å². The van der Waals surface area contributed by atoms with E-state index in [1.807, 2.05) is 0 Å². The van der Waals surface area contributed by atoms with Crippen LogP contribution in [0.2, 0.25) is 5.02 Å². The lowest BCUT2D eigenvalue weighted by Gasteiger charge is -2.13. The van der Waals surface area contributed by atoms with Crippen LogP contribution in [-0.2, 0) is 16.1 Å². The van der Waals surface area contributed by atoms with Crippen molar-refractivity contribution in [3.05, 3.63) is 59.0 Å². The lowest BCUT2D eigenvalue weighted by molar-refractivity contribution is -0.129. The van der Waals surface area contributed by atoms with E-state index < -0.39 is 18.0 Å². The second kappa shape index (κ2) is 6.95. The standard InChI is InChI=1S/C15H14ClNO4/c1-10(14(18)17-9-13-3-2-8-20-13)21-15(19)11-4-6-12(16)7-5-11/h2-8,10H,9H2,1H3,(H,17,18)/t10-/m1/s1. The third kappa shape index (κ3) is 4.36. The minimum Gasteiger partial charge on any atom is -0.467 e. The van der Waals surface area contributed by atoms with Gasteiger partial charge < -0.3 is 14.5 Å². The highest BCUT2D eigenvalue weighted by atomic mass is 35.5. The summed E-state index contributed by atoms with van der Waals surface area (Å²) in [6.07, 6.45) is 0.619. The number of ether oxygens (including phenoxy) is 1. The van der Waals surface area contributed by atoms with Crippen LogP contribution in [0.1, 0.15) is 23.0 Å². The summed E-state index contributed by atoms with van der Waals surface area (Å²) in [5, 5.41) is 3.14. The van der Waals surface area contributed by atoms with Crippen LogP contribution in [0, 0.1) is 0 Å². The van der Waals surface area contributed by atoms with Crippen LogP contribution in [-0.4, -0.2) is 18.0 Å². The molecule has 0 bridgehead atoms. The van der Waals surface area contributed by atoms with Crippen molar-refractivity contribution in [2.45, 2.75) is 19.6 Å². The molecule has 6 heteroatoms. The summed E-state index contributed by atoms with van der Waals surface area (Å²) >= 11 is 5.74. The van der Waals surface area contributed by atoms with Gasteiger partial charge in [-0.15, -0.1) is 0 Å². The van der Waals surface area contributed by atoms with Crippen molar-refractivity contribution in [2.75, 3.05) is 0 Å². The Balaban J connectivity index is 1.85. The molecule has 1 aromatic carbocycles. The number of rotatable bonds is 5. The Labute approximate surface area is 126 Å². The fraction of sp³-hybridized carbons (Fsp3) is 0.200. The highest BCUT2D eigenvalue weighted by Crippen LogP contribution is 2.11. The van der Waals surface area contributed by atoms with Crippen molar-refractivity contribution >= 4 is 23.5 Å². The van der Waals surface area contributed by atoms with Gasteiger partial charge in [-0.3, -0.25) is 4.79 Å². The Hall–Kier alpha value is -2.27. The van der Waals surface area contributed by atoms with Gasteiger partial charge in [0.15, 0.2) is 6.10 Å². The van der Waals surface area contributed by atoms with E-state index >= 15 is 0 Å². The smallest absolute Gasteiger partial charge is 0.338 e. The number of furan rings is 1. The molecule has 0 fully saturated rings. The van der Waals surface area contributed by atoms with Crippen molar-refractivity contribution in [1.82, 2.24) is 5.32 Å². The highest BCUT2D eigenvalue weighted by molar-refractivity contribution is 6.30. The van der Waals surface area contributed by atoms with Crippen LogP contribution in [0.25, 0.3) is 0 Å². The van der Waals surface area contributed by atoms with Crippen molar-refractivity contribution in [3.8, 4) is 0 Å². The first kappa shape index (κ1) is 15.1. The van der Waals surface area contributed by atoms with Gasteiger partial charge in [0.2, 0.25) is 0 Å². The maximum absolute atomic E-state index is 11.8. The third-order valence-electron chi connectivity index (χ3n) is 2.75. The van der Waals surface area contributed by atoms with Gasteiger partial charge in [0.25, 0.3) is 5.91 Å². The maximum Gasteiger partial charge on any atom is 0.338 e. The molecule has 1 heterocycles. The zero-order valence-electron chi connectivity index (χ0n) is 11.3. The van der Waals surface area contributed by atoms with Gasteiger partial charge in [-0.2, -0.15) is 0 Å². The monoisotopic (exact) mass is 307 g/mol. The van der Waals surface area contributed by atoms with E-state index in [0.29, 0.717) is 16.3 Å². The summed E-state index contributed by atoms with van der Waals surface area (Å²) in [4.78, 5) is 23.6. The van der Waals surface area contributed by atoms with Crippen LogP contribution in [0.3, 0.4) is 0 Å². The minimum atomic E-state index is -0.900. The van der Waals surface area contributed by atoms with Gasteiger partial charge in [0.05, 0.1) is 18.4 Å². The van der Waals surface area contributed by atoms with Gasteiger partial charge in [-0.05, 0) is 43.3 Å². The van der Waals surface area contributed by atoms with Crippen molar-refractivity contribution in [2.24, 2.45) is 0 Å². The number of carbonyl (C=O) groups excluding carboxylic acids is 2. The third-order valence-corrected chi connectivity index (χ3v) is 3.00. The SMILES string of the molecule is C[C@@H](OC(=O)c1ccc(Cl)cc1)C(=O)NCc1ccco1. The quantitative estimate of drug-likeness (QED) is 0.862. The lowest BCUT2D eigenvalue weighted by Crippen LogP contribution is -2.35. The number of amides is 1. The molecule has 0 unspecified atom stereocenters. The molecule has 0 spiro atoms. The van der Waals surface area contributed by atoms with Crippen molar-refractivity contribution in [3.63, 3.8) is 0 Å². The van der Waals surface area contributed by atoms with E-state index in [2.05, 4.69) is 5.32 Å². The summed E-state index contributed by atoms with van der Waals surface area (Å²) in [6, 6.07) is 9.71. The Morgan fingerprint density at radius 1 is 1.29 bits per heavy atom. The highest BCUT2D eigenvalue weighted by Gasteiger charge is 2.18. The molecule has 0 saturated heterocycles. The molecule has 110 valence electrons. The second-order valence-electron chi connectivity index (χ2n) is 4.35. The van der Waals surface area contributed by atoms with Crippen LogP contribution in [0.4, 0.5) is 0 Å². The Morgan fingerprint density at radius 3 is 2.62 bits per heavy atom. The molecule has 0 aliphatic carbocycles. The van der Waals surface area contributed by atoms with Crippen LogP contribution in [0.15, 0.2) is 47.1 Å². The molecule has 1 atom stereocenters. The molecule has 5 nitrogen and oxygen atoms in total. The molecule has 0 aliphatic heterocycles. The predicted molar refractivity (Wildman–Crippen MR) is 76.9 cm³/mol. The van der Waals surface area contributed by atoms with Crippen molar-refractivity contribution in [1.29, 1.82) is 0 Å². The minimum absolute atomic E-state index is 0.245. The fourth-order valence-corrected chi connectivity index (χ4v) is 1.73. The zero-order valence-corrected chi connectivity index (χ0v) is 12.1. The number of esters is 1. The molecule has 1 N–H and O–H groups in total. The average Bonchev–Trinajstić information content (AvgIpc) is 2.98. The molecule has 0 radical (unpaired) electrons. The van der Waals surface area contributed by atoms with Crippen LogP contribution in [0.5, 0.6) is 0 Å². The van der Waals surface area contributed by atoms with Crippen LogP contribution >= 0.6 is 11.6 Å². The summed E-state index contributed by atoms with van der Waals surface area (Å²) in [7, 11) is 0. The number of benzene rings is 1. The van der Waals surface area contributed by atoms with E-state index in [-0.39, 0.29) is 6.54 Å². The summed E-state index contributed by atoms with van der Waals surface area (Å²) < 4.78 is 10.2. The second-order valence-corrected chi connectivity index (χ2v) is 4.79. The van der Waals surface area contributed by atoms with E-state index in [4.69, 9.17) is 20.8 Å². The summed E-state index contributed by atoms with van der Waals surface area (Å²) in [5.41, 5.74) is 0.338. The van der Waals surface area contributed by atoms with Gasteiger partial charge in [-0.25, -0.2) is 4.79 Å². The molecule has 21 heavy (non-hydrogen) atoms. The molecule has 1 amide bonds. The molecular formula is C15H14ClNO4. The molecule has 0 aliphatic rings. The Morgan fingerprint density at radius 2 is 2.00 bits per heavy atom. The maximum atomic E-state index is 11.8. The summed E-state index contributed by atoms with van der Waals surface area (Å²) in [6.45, 7) is 1.75.